The van der Waals surface area contributed by atoms with E-state index in [1.165, 1.54) is 0 Å². The lowest BCUT2D eigenvalue weighted by atomic mass is 10.1. The van der Waals surface area contributed by atoms with Crippen LogP contribution in [-0.4, -0.2) is 34.2 Å². The predicted molar refractivity (Wildman–Crippen MR) is 228 cm³/mol. The molecule has 0 spiro atoms. The van der Waals surface area contributed by atoms with Crippen LogP contribution in [0.25, 0.3) is 0 Å². The fraction of sp³-hybridized carbons (Fsp3) is 0.366. The average molecular weight is 930 g/mol. The van der Waals surface area contributed by atoms with Gasteiger partial charge in [-0.1, -0.05) is 54.7 Å². The number of nitrogens with one attached hydrogen (secondary N) is 2. The molecule has 8 nitrogen and oxygen atoms in total. The Morgan fingerprint density at radius 2 is 1.09 bits per heavy atom. The minimum atomic E-state index is -0.858. The maximum absolute atomic E-state index is 10.7. The van der Waals surface area contributed by atoms with Gasteiger partial charge < -0.3 is 30.3 Å². The second-order valence-electron chi connectivity index (χ2n) is 13.1. The molecule has 2 atom stereocenters. The smallest absolute Gasteiger partial charge is 0.303 e. The summed E-state index contributed by atoms with van der Waals surface area (Å²) in [7, 11) is 0. The van der Waals surface area contributed by atoms with Crippen LogP contribution >= 0.6 is 66.7 Å². The number of carbonyl (C=O) groups is 2. The molecule has 0 fully saturated rings. The normalized spacial score (nSPS) is 11.9. The van der Waals surface area contributed by atoms with E-state index in [0.29, 0.717) is 64.7 Å². The first-order valence-electron chi connectivity index (χ1n) is 17.6. The molecule has 4 aromatic rings. The van der Waals surface area contributed by atoms with Gasteiger partial charge in [0.2, 0.25) is 0 Å². The van der Waals surface area contributed by atoms with Crippen LogP contribution < -0.4 is 20.1 Å². The molecule has 2 unspecified atom stereocenters. The summed E-state index contributed by atoms with van der Waals surface area (Å²) in [6, 6.07) is 20.0. The van der Waals surface area contributed by atoms with E-state index in [2.05, 4.69) is 88.4 Å². The predicted octanol–water partition coefficient (Wildman–Crippen LogP) is 12.8. The Hall–Kier alpha value is -3.15. The number of benzene rings is 4. The highest BCUT2D eigenvalue weighted by molar-refractivity contribution is 9.11. The molecule has 0 saturated heterocycles. The molecule has 4 N–H and O–H groups in total. The number of ether oxygens (including phenoxy) is 2. The molecule has 0 bridgehead atoms. The van der Waals surface area contributed by atoms with Crippen molar-refractivity contribution < 1.29 is 29.3 Å². The Kier molecular flexibility index (Phi) is 18.8. The Morgan fingerprint density at radius 1 is 0.648 bits per heavy atom. The van der Waals surface area contributed by atoms with Crippen LogP contribution in [-0.2, 0) is 35.6 Å². The Morgan fingerprint density at radius 3 is 1.57 bits per heavy atom. The third kappa shape index (κ3) is 15.5. The number of anilines is 2. The van der Waals surface area contributed by atoms with Crippen LogP contribution in [0, 0.1) is 6.92 Å². The van der Waals surface area contributed by atoms with Crippen molar-refractivity contribution in [2.24, 2.45) is 0 Å². The van der Waals surface area contributed by atoms with Gasteiger partial charge in [-0.2, -0.15) is 0 Å². The average Bonchev–Trinajstić information content (AvgIpc) is 3.08. The zero-order valence-corrected chi connectivity index (χ0v) is 36.4. The maximum atomic E-state index is 10.7. The summed E-state index contributed by atoms with van der Waals surface area (Å²) in [5.41, 5.74) is 6.84. The first kappa shape index (κ1) is 45.2. The quantitative estimate of drug-likeness (QED) is 0.0779. The molecule has 0 heterocycles. The van der Waals surface area contributed by atoms with E-state index in [9.17, 15) is 9.59 Å². The van der Waals surface area contributed by atoms with Crippen molar-refractivity contribution in [1.82, 2.24) is 0 Å². The topological polar surface area (TPSA) is 117 Å². The minimum Gasteiger partial charge on any atom is -0.487 e. The van der Waals surface area contributed by atoms with E-state index < -0.39 is 11.9 Å². The molecular weight excluding hydrogens is 883 g/mol. The number of carboxylic acids is 2. The molecule has 0 aromatic heterocycles. The third-order valence-corrected chi connectivity index (χ3v) is 10.2. The highest BCUT2D eigenvalue weighted by Gasteiger charge is 2.14. The third-order valence-electron chi connectivity index (χ3n) is 8.28. The van der Waals surface area contributed by atoms with E-state index in [1.54, 1.807) is 12.1 Å². The number of hydrogen-bond acceptors (Lipinski definition) is 6. The first-order chi connectivity index (χ1) is 25.6. The van der Waals surface area contributed by atoms with Gasteiger partial charge in [0.1, 0.15) is 19.0 Å². The van der Waals surface area contributed by atoms with Crippen LogP contribution in [0.2, 0.25) is 15.1 Å². The lowest BCUT2D eigenvalue weighted by Gasteiger charge is -2.16. The van der Waals surface area contributed by atoms with Crippen LogP contribution in [0.4, 0.5) is 11.4 Å². The molecule has 0 aliphatic carbocycles. The number of aliphatic carboxylic acids is 2. The van der Waals surface area contributed by atoms with Crippen molar-refractivity contribution in [2.75, 3.05) is 10.6 Å². The Balaban J connectivity index is 0.000000290. The number of aryl methyl sites for hydroxylation is 3. The molecular formula is C41H47Br2Cl3N2O6. The number of carboxylic acid groups (broad SMARTS) is 2. The molecule has 54 heavy (non-hydrogen) atoms. The molecule has 0 aliphatic heterocycles. The number of rotatable bonds is 18. The zero-order chi connectivity index (χ0) is 39.9. The molecule has 0 radical (unpaired) electrons. The van der Waals surface area contributed by atoms with Crippen LogP contribution in [0.5, 0.6) is 11.5 Å². The summed E-state index contributed by atoms with van der Waals surface area (Å²) in [5.74, 6) is -0.588. The standard InChI is InChI=1S/C21H25Cl2NO3.C20H22Br2ClNO3/c1-4-14(3)24-17-8-13(2)7-16(9-17)12-27-21-18(22)10-15(11-19(21)23)5-6-20(25)26;1-3-12(2)24-16-7-14(6-15(23)10-16)11-27-20-17(21)8-13(9-18(20)22)4-5-19(25)26/h7-11,14,24H,4-6,12H2,1-3H3,(H,25,26);6-10,12,24H,3-5,11H2,1-2H3,(H,25,26). The van der Waals surface area contributed by atoms with Crippen molar-refractivity contribution in [3.8, 4) is 11.5 Å². The minimum absolute atomic E-state index is 0.0299. The summed E-state index contributed by atoms with van der Waals surface area (Å²) < 4.78 is 13.4. The lowest BCUT2D eigenvalue weighted by molar-refractivity contribution is -0.138. The van der Waals surface area contributed by atoms with Crippen LogP contribution in [0.3, 0.4) is 0 Å². The van der Waals surface area contributed by atoms with Gasteiger partial charge in [0.15, 0.2) is 5.75 Å². The van der Waals surface area contributed by atoms with Gasteiger partial charge in [0.25, 0.3) is 0 Å². The van der Waals surface area contributed by atoms with Gasteiger partial charge in [-0.05, 0) is 161 Å². The monoisotopic (exact) mass is 926 g/mol. The fourth-order valence-corrected chi connectivity index (χ4v) is 7.63. The molecule has 292 valence electrons. The summed E-state index contributed by atoms with van der Waals surface area (Å²) in [4.78, 5) is 21.5. The van der Waals surface area contributed by atoms with Gasteiger partial charge in [-0.25, -0.2) is 0 Å². The molecule has 0 amide bonds. The molecule has 4 rings (SSSR count). The van der Waals surface area contributed by atoms with E-state index in [0.717, 1.165) is 61.0 Å². The molecule has 4 aromatic carbocycles. The Bertz CT molecular complexity index is 1710. The summed E-state index contributed by atoms with van der Waals surface area (Å²) in [6.07, 6.45) is 3.02. The van der Waals surface area contributed by atoms with Crippen molar-refractivity contribution in [2.45, 2.75) is 98.4 Å². The second kappa shape index (κ2) is 22.4. The van der Waals surface area contributed by atoms with E-state index >= 15 is 0 Å². The number of hydrogen-bond donors (Lipinski definition) is 4. The molecule has 13 heteroatoms. The van der Waals surface area contributed by atoms with Gasteiger partial charge in [0.05, 0.1) is 19.0 Å². The van der Waals surface area contributed by atoms with E-state index in [-0.39, 0.29) is 12.8 Å². The lowest BCUT2D eigenvalue weighted by Crippen LogP contribution is -2.13. The van der Waals surface area contributed by atoms with Crippen molar-refractivity contribution in [3.63, 3.8) is 0 Å². The molecule has 0 aliphatic rings. The highest BCUT2D eigenvalue weighted by Crippen LogP contribution is 2.37. The van der Waals surface area contributed by atoms with Crippen LogP contribution in [0.1, 0.15) is 81.2 Å². The van der Waals surface area contributed by atoms with Crippen LogP contribution in [0.15, 0.2) is 69.6 Å². The molecule has 0 saturated carbocycles. The largest absolute Gasteiger partial charge is 0.487 e. The summed E-state index contributed by atoms with van der Waals surface area (Å²) in [6.45, 7) is 11.3. The Labute approximate surface area is 350 Å². The van der Waals surface area contributed by atoms with E-state index in [1.807, 2.05) is 37.3 Å². The van der Waals surface area contributed by atoms with Gasteiger partial charge in [0, 0.05) is 41.3 Å². The van der Waals surface area contributed by atoms with E-state index in [4.69, 9.17) is 54.5 Å². The van der Waals surface area contributed by atoms with Crippen molar-refractivity contribution in [1.29, 1.82) is 0 Å². The zero-order valence-electron chi connectivity index (χ0n) is 31.0. The fourth-order valence-electron chi connectivity index (χ4n) is 5.22. The van der Waals surface area contributed by atoms with Gasteiger partial charge in [-0.3, -0.25) is 9.59 Å². The number of halogens is 5. The first-order valence-corrected chi connectivity index (χ1v) is 20.4. The van der Waals surface area contributed by atoms with Crippen molar-refractivity contribution >= 4 is 90.0 Å². The maximum Gasteiger partial charge on any atom is 0.303 e. The highest BCUT2D eigenvalue weighted by atomic mass is 79.9. The summed E-state index contributed by atoms with van der Waals surface area (Å²) in [5, 5.41) is 25.9. The van der Waals surface area contributed by atoms with Gasteiger partial charge in [-0.15, -0.1) is 0 Å². The summed E-state index contributed by atoms with van der Waals surface area (Å²) >= 11 is 25.9. The van der Waals surface area contributed by atoms with Crippen molar-refractivity contribution in [3.05, 3.63) is 112 Å². The SMILES string of the molecule is CCC(C)Nc1cc(C)cc(COc2c(Cl)cc(CCC(=O)O)cc2Cl)c1.CCC(C)Nc1cc(Cl)cc(COc2c(Br)cc(CCC(=O)O)cc2Br)c1. The van der Waals surface area contributed by atoms with Gasteiger partial charge >= 0.3 is 11.9 Å². The second-order valence-corrected chi connectivity index (χ2v) is 16.1.